The van der Waals surface area contributed by atoms with Crippen LogP contribution in [0, 0.1) is 0 Å². The third-order valence-electron chi connectivity index (χ3n) is 0.430. The number of rotatable bonds is 2. The van der Waals surface area contributed by atoms with Crippen molar-refractivity contribution in [3.05, 3.63) is 0 Å². The van der Waals surface area contributed by atoms with Gasteiger partial charge in [0.25, 0.3) is 0 Å². The summed E-state index contributed by atoms with van der Waals surface area (Å²) in [5, 5.41) is 0. The number of thioether (sulfide) groups is 1. The summed E-state index contributed by atoms with van der Waals surface area (Å²) < 4.78 is 0. The minimum absolute atomic E-state index is 0. The molecule has 1 atom stereocenters. The lowest BCUT2D eigenvalue weighted by molar-refractivity contribution is 0.824. The Kier molecular flexibility index (Phi) is 9.22. The van der Waals surface area contributed by atoms with Crippen molar-refractivity contribution in [1.29, 1.82) is 0 Å². The van der Waals surface area contributed by atoms with Crippen LogP contribution in [0.5, 0.6) is 0 Å². The first kappa shape index (κ1) is 10.3. The summed E-state index contributed by atoms with van der Waals surface area (Å²) in [6.45, 7) is 2.01. The Hall–Kier alpha value is 0.270. The molecular weight excluding hydrogens is 110 g/mol. The van der Waals surface area contributed by atoms with Crippen LogP contribution in [-0.4, -0.2) is 23.5 Å². The van der Waals surface area contributed by atoms with Crippen molar-refractivity contribution < 1.29 is 6.90 Å². The van der Waals surface area contributed by atoms with Gasteiger partial charge in [0, 0.05) is 13.2 Å². The molecule has 0 fully saturated rings. The van der Waals surface area contributed by atoms with Gasteiger partial charge in [0.05, 0.1) is 0 Å². The molecule has 0 aliphatic carbocycles. The second kappa shape index (κ2) is 6.27. The lowest BCUT2D eigenvalue weighted by Crippen LogP contribution is -2.16. The van der Waals surface area contributed by atoms with Gasteiger partial charge in [-0.25, -0.2) is 0 Å². The van der Waals surface area contributed by atoms with E-state index in [1.54, 1.807) is 11.8 Å². The van der Waals surface area contributed by atoms with Gasteiger partial charge in [0.15, 0.2) is 0 Å². The average Bonchev–Trinajstić information content (AvgIpc) is 1.35. The van der Waals surface area contributed by atoms with Crippen molar-refractivity contribution >= 4 is 11.8 Å². The molecule has 0 aromatic carbocycles. The highest BCUT2D eigenvalue weighted by atomic mass is 32.2. The first-order valence-electron chi connectivity index (χ1n) is 2.02. The summed E-state index contributed by atoms with van der Waals surface area (Å²) in [5.74, 6) is 1.07. The first-order valence-corrected chi connectivity index (χ1v) is 3.41. The normalized spacial score (nSPS) is 12.4. The monoisotopic (exact) mass is 125 g/mol. The first-order chi connectivity index (χ1) is 2.77. The second-order valence-electron chi connectivity index (χ2n) is 1.43. The number of hydrogen-bond acceptors (Lipinski definition) is 2. The molecule has 48 valence electrons. The molecule has 0 spiro atoms. The van der Waals surface area contributed by atoms with Crippen LogP contribution in [0.4, 0.5) is 0 Å². The fourth-order valence-corrected chi connectivity index (χ4v) is 0.789. The molecule has 0 heterocycles. The van der Waals surface area contributed by atoms with Crippen molar-refractivity contribution in [1.82, 2.24) is 0 Å². The molecule has 2 nitrogen and oxygen atoms in total. The molecule has 0 aliphatic heterocycles. The van der Waals surface area contributed by atoms with E-state index >= 15 is 0 Å². The Morgan fingerprint density at radius 2 is 2.29 bits per heavy atom. The molecule has 0 saturated heterocycles. The quantitative estimate of drug-likeness (QED) is 0.570. The Morgan fingerprint density at radius 3 is 2.29 bits per heavy atom. The standard InChI is InChI=1S/C4H11NS.H2O.H2/c1-4(5)3-6-2;;/h4H,3,5H2,1-2H3;1H2;1H. The highest BCUT2D eigenvalue weighted by molar-refractivity contribution is 7.98. The van der Waals surface area contributed by atoms with Crippen molar-refractivity contribution in [2.24, 2.45) is 5.73 Å². The molecule has 0 aromatic rings. The molecule has 0 saturated carbocycles. The molecule has 1 unspecified atom stereocenters. The molecule has 0 radical (unpaired) electrons. The van der Waals surface area contributed by atoms with Crippen molar-refractivity contribution in [3.8, 4) is 0 Å². The van der Waals surface area contributed by atoms with Crippen LogP contribution in [0.1, 0.15) is 8.35 Å². The lowest BCUT2D eigenvalue weighted by atomic mass is 10.4. The highest BCUT2D eigenvalue weighted by Crippen LogP contribution is 1.91. The molecule has 0 bridgehead atoms. The van der Waals surface area contributed by atoms with E-state index in [4.69, 9.17) is 5.73 Å². The van der Waals surface area contributed by atoms with Gasteiger partial charge >= 0.3 is 0 Å². The molecule has 0 aliphatic rings. The highest BCUT2D eigenvalue weighted by Gasteiger charge is 1.85. The van der Waals surface area contributed by atoms with Gasteiger partial charge < -0.3 is 11.2 Å². The summed E-state index contributed by atoms with van der Waals surface area (Å²) in [6.07, 6.45) is 2.06. The van der Waals surface area contributed by atoms with Crippen LogP contribution in [0.25, 0.3) is 0 Å². The average molecular weight is 125 g/mol. The van der Waals surface area contributed by atoms with E-state index in [1.807, 2.05) is 6.92 Å². The Bertz CT molecular complexity index is 37.2. The van der Waals surface area contributed by atoms with E-state index in [2.05, 4.69) is 6.26 Å². The zero-order valence-electron chi connectivity index (χ0n) is 4.77. The molecule has 4 N–H and O–H groups in total. The third-order valence-corrected chi connectivity index (χ3v) is 1.29. The fraction of sp³-hybridized carbons (Fsp3) is 1.00. The predicted octanol–water partition coefficient (Wildman–Crippen LogP) is 0.118. The predicted molar refractivity (Wildman–Crippen MR) is 37.8 cm³/mol. The Morgan fingerprint density at radius 1 is 1.86 bits per heavy atom. The van der Waals surface area contributed by atoms with Crippen LogP contribution < -0.4 is 5.73 Å². The lowest BCUT2D eigenvalue weighted by Gasteiger charge is -1.96. The van der Waals surface area contributed by atoms with E-state index in [0.29, 0.717) is 6.04 Å². The smallest absolute Gasteiger partial charge is 0.0101 e. The maximum Gasteiger partial charge on any atom is 0.0101 e. The van der Waals surface area contributed by atoms with Crippen molar-refractivity contribution in [2.45, 2.75) is 13.0 Å². The molecule has 3 heteroatoms. The van der Waals surface area contributed by atoms with E-state index in [9.17, 15) is 0 Å². The third kappa shape index (κ3) is 10.7. The Balaban J connectivity index is -0.000000125. The topological polar surface area (TPSA) is 57.5 Å². The number of hydrogen-bond donors (Lipinski definition) is 1. The summed E-state index contributed by atoms with van der Waals surface area (Å²) in [6, 6.07) is 0.361. The molecule has 0 amide bonds. The maximum absolute atomic E-state index is 5.38. The molecule has 0 rings (SSSR count). The van der Waals surface area contributed by atoms with E-state index < -0.39 is 0 Å². The summed E-state index contributed by atoms with van der Waals surface area (Å²) in [7, 11) is 0. The van der Waals surface area contributed by atoms with Crippen LogP contribution in [0.15, 0.2) is 0 Å². The summed E-state index contributed by atoms with van der Waals surface area (Å²) >= 11 is 1.78. The maximum atomic E-state index is 5.38. The number of nitrogens with two attached hydrogens (primary N) is 1. The van der Waals surface area contributed by atoms with Gasteiger partial charge in [-0.1, -0.05) is 0 Å². The van der Waals surface area contributed by atoms with Gasteiger partial charge in [-0.3, -0.25) is 0 Å². The Labute approximate surface area is 50.3 Å². The van der Waals surface area contributed by atoms with Gasteiger partial charge in [0.1, 0.15) is 0 Å². The van der Waals surface area contributed by atoms with Crippen LogP contribution >= 0.6 is 11.8 Å². The second-order valence-corrected chi connectivity index (χ2v) is 2.34. The van der Waals surface area contributed by atoms with Crippen LogP contribution in [-0.2, 0) is 0 Å². The molecule has 7 heavy (non-hydrogen) atoms. The zero-order chi connectivity index (χ0) is 4.99. The summed E-state index contributed by atoms with van der Waals surface area (Å²) in [5.41, 5.74) is 5.38. The molecule has 0 aromatic heterocycles. The van der Waals surface area contributed by atoms with Crippen LogP contribution in [0.3, 0.4) is 0 Å². The van der Waals surface area contributed by atoms with Gasteiger partial charge in [-0.2, -0.15) is 11.8 Å². The van der Waals surface area contributed by atoms with Gasteiger partial charge in [0.2, 0.25) is 0 Å². The van der Waals surface area contributed by atoms with E-state index in [0.717, 1.165) is 5.75 Å². The SMILES string of the molecule is CSCC(C)N.O.[HH]. The van der Waals surface area contributed by atoms with Crippen LogP contribution in [0.2, 0.25) is 0 Å². The van der Waals surface area contributed by atoms with Gasteiger partial charge in [-0.05, 0) is 13.2 Å². The van der Waals surface area contributed by atoms with E-state index in [-0.39, 0.29) is 6.90 Å². The van der Waals surface area contributed by atoms with E-state index in [1.165, 1.54) is 0 Å². The fourth-order valence-electron chi connectivity index (χ4n) is 0.263. The zero-order valence-corrected chi connectivity index (χ0v) is 5.59. The summed E-state index contributed by atoms with van der Waals surface area (Å²) in [4.78, 5) is 0. The van der Waals surface area contributed by atoms with Crippen molar-refractivity contribution in [2.75, 3.05) is 12.0 Å². The van der Waals surface area contributed by atoms with Gasteiger partial charge in [-0.15, -0.1) is 0 Å². The van der Waals surface area contributed by atoms with Crippen molar-refractivity contribution in [3.63, 3.8) is 0 Å². The minimum Gasteiger partial charge on any atom is -0.412 e. The molecular formula is C4H15NOS. The minimum atomic E-state index is 0. The largest absolute Gasteiger partial charge is 0.412 e.